The average Bonchev–Trinajstić information content (AvgIpc) is 3.20. The molecule has 0 aliphatic carbocycles. The summed E-state index contributed by atoms with van der Waals surface area (Å²) in [6, 6.07) is 14.6. The largest absolute Gasteiger partial charge is 0.493 e. The van der Waals surface area contributed by atoms with E-state index in [1.165, 1.54) is 12.1 Å². The first-order valence-electron chi connectivity index (χ1n) is 11.6. The summed E-state index contributed by atoms with van der Waals surface area (Å²) in [5, 5.41) is 10.2. The van der Waals surface area contributed by atoms with Crippen molar-refractivity contribution in [1.29, 1.82) is 0 Å². The van der Waals surface area contributed by atoms with Gasteiger partial charge in [0, 0.05) is 29.0 Å². The number of ketones is 1. The molecule has 0 aliphatic heterocycles. The van der Waals surface area contributed by atoms with Gasteiger partial charge in [-0.1, -0.05) is 32.9 Å². The van der Waals surface area contributed by atoms with Crippen molar-refractivity contribution >= 4 is 22.7 Å². The van der Waals surface area contributed by atoms with Crippen molar-refractivity contribution in [1.82, 2.24) is 0 Å². The van der Waals surface area contributed by atoms with Crippen LogP contribution >= 0.6 is 0 Å². The van der Waals surface area contributed by atoms with Crippen molar-refractivity contribution in [3.8, 4) is 28.2 Å². The normalized spacial score (nSPS) is 11.3. The number of halogens is 1. The van der Waals surface area contributed by atoms with E-state index in [9.17, 15) is 19.1 Å². The molecule has 4 aromatic rings. The molecular formula is C29H27FO5. The van der Waals surface area contributed by atoms with Crippen molar-refractivity contribution in [2.24, 2.45) is 5.92 Å². The molecule has 0 fully saturated rings. The molecule has 0 bridgehead atoms. The number of ether oxygens (including phenoxy) is 1. The Balaban J connectivity index is 2.00. The molecule has 0 aliphatic rings. The van der Waals surface area contributed by atoms with E-state index in [1.54, 1.807) is 44.2 Å². The molecule has 0 amide bonds. The molecule has 5 nitrogen and oxygen atoms in total. The Bertz CT molecular complexity index is 1410. The van der Waals surface area contributed by atoms with E-state index in [0.29, 0.717) is 56.9 Å². The maximum absolute atomic E-state index is 13.5. The second-order valence-corrected chi connectivity index (χ2v) is 8.97. The summed E-state index contributed by atoms with van der Waals surface area (Å²) in [6.07, 6.45) is 0.261. The van der Waals surface area contributed by atoms with Gasteiger partial charge in [0.2, 0.25) is 0 Å². The number of benzene rings is 3. The summed E-state index contributed by atoms with van der Waals surface area (Å²) in [7, 11) is 0. The van der Waals surface area contributed by atoms with Gasteiger partial charge in [0.25, 0.3) is 0 Å². The molecule has 3 aromatic carbocycles. The van der Waals surface area contributed by atoms with Gasteiger partial charge >= 0.3 is 5.97 Å². The fourth-order valence-electron chi connectivity index (χ4n) is 4.00. The molecule has 180 valence electrons. The van der Waals surface area contributed by atoms with E-state index in [2.05, 4.69) is 0 Å². The summed E-state index contributed by atoms with van der Waals surface area (Å²) < 4.78 is 25.8. The molecule has 1 aromatic heterocycles. The minimum absolute atomic E-state index is 0.111. The van der Waals surface area contributed by atoms with Crippen LogP contribution in [0, 0.1) is 18.7 Å². The minimum Gasteiger partial charge on any atom is -0.493 e. The van der Waals surface area contributed by atoms with Crippen LogP contribution < -0.4 is 4.74 Å². The number of carboxylic acids is 1. The van der Waals surface area contributed by atoms with Gasteiger partial charge in [0.1, 0.15) is 22.9 Å². The monoisotopic (exact) mass is 474 g/mol. The van der Waals surface area contributed by atoms with Crippen molar-refractivity contribution in [2.75, 3.05) is 6.61 Å². The van der Waals surface area contributed by atoms with E-state index in [-0.39, 0.29) is 29.5 Å². The summed E-state index contributed by atoms with van der Waals surface area (Å²) >= 11 is 0. The Morgan fingerprint density at radius 2 is 1.71 bits per heavy atom. The van der Waals surface area contributed by atoms with Gasteiger partial charge in [-0.3, -0.25) is 4.79 Å². The lowest BCUT2D eigenvalue weighted by Gasteiger charge is -2.15. The van der Waals surface area contributed by atoms with Crippen LogP contribution in [-0.4, -0.2) is 23.5 Å². The number of hydrogen-bond donors (Lipinski definition) is 1. The SMILES string of the molecule is CCC(=O)c1c(-c2ccc(F)cc2)oc2cc(OCC(C)C)c(-c3ccc(C)c(C(=O)O)c3)cc12. The zero-order valence-corrected chi connectivity index (χ0v) is 20.1. The highest BCUT2D eigenvalue weighted by Crippen LogP contribution is 2.41. The molecule has 4 rings (SSSR count). The highest BCUT2D eigenvalue weighted by atomic mass is 19.1. The fraction of sp³-hybridized carbons (Fsp3) is 0.241. The van der Waals surface area contributed by atoms with Gasteiger partial charge < -0.3 is 14.3 Å². The van der Waals surface area contributed by atoms with Crippen LogP contribution in [0.1, 0.15) is 53.5 Å². The van der Waals surface area contributed by atoms with Gasteiger partial charge in [0.15, 0.2) is 5.78 Å². The molecule has 0 atom stereocenters. The summed E-state index contributed by atoms with van der Waals surface area (Å²) in [4.78, 5) is 24.8. The van der Waals surface area contributed by atoms with Gasteiger partial charge in [-0.2, -0.15) is 0 Å². The molecule has 0 saturated heterocycles. The van der Waals surface area contributed by atoms with E-state index in [1.807, 2.05) is 26.0 Å². The molecule has 1 heterocycles. The van der Waals surface area contributed by atoms with Crippen molar-refractivity contribution < 1.29 is 28.2 Å². The van der Waals surface area contributed by atoms with Gasteiger partial charge in [0.05, 0.1) is 17.7 Å². The average molecular weight is 475 g/mol. The molecule has 35 heavy (non-hydrogen) atoms. The van der Waals surface area contributed by atoms with Crippen LogP contribution in [-0.2, 0) is 0 Å². The predicted molar refractivity (Wildman–Crippen MR) is 134 cm³/mol. The lowest BCUT2D eigenvalue weighted by Crippen LogP contribution is -2.06. The summed E-state index contributed by atoms with van der Waals surface area (Å²) in [6.45, 7) is 8.03. The Hall–Kier alpha value is -3.93. The molecule has 1 N–H and O–H groups in total. The highest BCUT2D eigenvalue weighted by molar-refractivity contribution is 6.13. The Labute approximate surface area is 203 Å². The molecule has 0 radical (unpaired) electrons. The zero-order valence-electron chi connectivity index (χ0n) is 20.1. The second kappa shape index (κ2) is 9.74. The first-order valence-corrected chi connectivity index (χ1v) is 11.6. The standard InChI is InChI=1S/C29H27FO5/c1-5-24(31)27-23-13-22(19-7-6-17(4)21(12-19)29(32)33)25(34-15-16(2)3)14-26(23)35-28(27)18-8-10-20(30)11-9-18/h6-14,16H,5,15H2,1-4H3,(H,32,33). The first-order chi connectivity index (χ1) is 16.7. The summed E-state index contributed by atoms with van der Waals surface area (Å²) in [5.74, 6) is -0.350. The third-order valence-electron chi connectivity index (χ3n) is 5.85. The smallest absolute Gasteiger partial charge is 0.335 e. The lowest BCUT2D eigenvalue weighted by molar-refractivity contribution is 0.0696. The van der Waals surface area contributed by atoms with Gasteiger partial charge in [-0.05, 0) is 60.4 Å². The number of carbonyl (C=O) groups excluding carboxylic acids is 1. The highest BCUT2D eigenvalue weighted by Gasteiger charge is 2.24. The number of carboxylic acid groups (broad SMARTS) is 1. The number of aryl methyl sites for hydroxylation is 1. The molecule has 0 saturated carbocycles. The molecule has 6 heteroatoms. The van der Waals surface area contributed by atoms with Crippen LogP contribution in [0.2, 0.25) is 0 Å². The maximum Gasteiger partial charge on any atom is 0.335 e. The first kappa shape index (κ1) is 24.2. The Kier molecular flexibility index (Phi) is 6.74. The number of aromatic carboxylic acids is 1. The van der Waals surface area contributed by atoms with E-state index in [0.717, 1.165) is 0 Å². The van der Waals surface area contributed by atoms with Gasteiger partial charge in [-0.25, -0.2) is 9.18 Å². The van der Waals surface area contributed by atoms with E-state index >= 15 is 0 Å². The topological polar surface area (TPSA) is 76.7 Å². The number of fused-ring (bicyclic) bond motifs is 1. The number of Topliss-reactive ketones (excluding diaryl/α,β-unsaturated/α-hetero) is 1. The van der Waals surface area contributed by atoms with Gasteiger partial charge in [-0.15, -0.1) is 0 Å². The third kappa shape index (κ3) is 4.83. The second-order valence-electron chi connectivity index (χ2n) is 8.97. The number of rotatable bonds is 8. The van der Waals surface area contributed by atoms with Crippen LogP contribution in [0.25, 0.3) is 33.4 Å². The van der Waals surface area contributed by atoms with Crippen LogP contribution in [0.15, 0.2) is 59.0 Å². The van der Waals surface area contributed by atoms with Crippen LogP contribution in [0.4, 0.5) is 4.39 Å². The molecular weight excluding hydrogens is 447 g/mol. The van der Waals surface area contributed by atoms with Crippen molar-refractivity contribution in [3.63, 3.8) is 0 Å². The van der Waals surface area contributed by atoms with Crippen molar-refractivity contribution in [3.05, 3.63) is 77.1 Å². The minimum atomic E-state index is -1.01. The lowest BCUT2D eigenvalue weighted by atomic mass is 9.95. The molecule has 0 spiro atoms. The zero-order chi connectivity index (χ0) is 25.3. The predicted octanol–water partition coefficient (Wildman–Crippen LogP) is 7.54. The maximum atomic E-state index is 13.5. The molecule has 0 unspecified atom stereocenters. The number of hydrogen-bond acceptors (Lipinski definition) is 4. The van der Waals surface area contributed by atoms with E-state index in [4.69, 9.17) is 9.15 Å². The number of carbonyl (C=O) groups is 2. The van der Waals surface area contributed by atoms with Crippen molar-refractivity contribution in [2.45, 2.75) is 34.1 Å². The Morgan fingerprint density at radius 3 is 2.34 bits per heavy atom. The van der Waals surface area contributed by atoms with E-state index < -0.39 is 5.97 Å². The third-order valence-corrected chi connectivity index (χ3v) is 5.85. The van der Waals surface area contributed by atoms with Crippen LogP contribution in [0.5, 0.6) is 5.75 Å². The summed E-state index contributed by atoms with van der Waals surface area (Å²) in [5.41, 5.74) is 3.64. The fourth-order valence-corrected chi connectivity index (χ4v) is 4.00. The Morgan fingerprint density at radius 1 is 1.03 bits per heavy atom. The van der Waals surface area contributed by atoms with Crippen LogP contribution in [0.3, 0.4) is 0 Å². The quantitative estimate of drug-likeness (QED) is 0.267. The number of furan rings is 1.